The van der Waals surface area contributed by atoms with Crippen molar-refractivity contribution in [3.63, 3.8) is 0 Å². The van der Waals surface area contributed by atoms with Gasteiger partial charge in [0.2, 0.25) is 0 Å². The van der Waals surface area contributed by atoms with Gasteiger partial charge in [-0.2, -0.15) is 0 Å². The molecule has 1 aliphatic rings. The van der Waals surface area contributed by atoms with Crippen LogP contribution in [0.15, 0.2) is 36.5 Å². The highest BCUT2D eigenvalue weighted by atomic mass is 35.5. The molecule has 0 radical (unpaired) electrons. The number of benzene rings is 1. The minimum absolute atomic E-state index is 0.345. The first kappa shape index (κ1) is 18.8. The first-order valence-corrected chi connectivity index (χ1v) is 9.16. The second-order valence-corrected chi connectivity index (χ2v) is 7.05. The summed E-state index contributed by atoms with van der Waals surface area (Å²) in [7, 11) is 2.11. The molecule has 1 fully saturated rings. The van der Waals surface area contributed by atoms with Crippen LogP contribution in [0.2, 0.25) is 10.0 Å². The molecular formula is C18H21Cl2N5O. The maximum Gasteiger partial charge on any atom is 0.319 e. The fourth-order valence-electron chi connectivity index (χ4n) is 2.81. The average molecular weight is 394 g/mol. The van der Waals surface area contributed by atoms with Gasteiger partial charge in [-0.3, -0.25) is 0 Å². The highest BCUT2D eigenvalue weighted by Gasteiger charge is 2.18. The molecule has 0 saturated carbocycles. The van der Waals surface area contributed by atoms with E-state index in [-0.39, 0.29) is 6.03 Å². The Morgan fingerprint density at radius 3 is 2.73 bits per heavy atom. The Labute approximate surface area is 163 Å². The Bertz CT molecular complexity index is 778. The van der Waals surface area contributed by atoms with Crippen molar-refractivity contribution in [1.29, 1.82) is 0 Å². The van der Waals surface area contributed by atoms with E-state index in [1.807, 2.05) is 12.1 Å². The van der Waals surface area contributed by atoms with Gasteiger partial charge in [-0.1, -0.05) is 29.3 Å². The molecule has 2 aromatic rings. The van der Waals surface area contributed by atoms with Crippen LogP contribution in [0.5, 0.6) is 0 Å². The molecule has 6 nitrogen and oxygen atoms in total. The Balaban J connectivity index is 1.62. The van der Waals surface area contributed by atoms with E-state index in [1.165, 1.54) is 0 Å². The fourth-order valence-corrected chi connectivity index (χ4v) is 3.14. The lowest BCUT2D eigenvalue weighted by molar-refractivity contribution is 0.251. The van der Waals surface area contributed by atoms with Crippen LogP contribution in [0.3, 0.4) is 0 Å². The van der Waals surface area contributed by atoms with Crippen molar-refractivity contribution in [3.05, 3.63) is 52.1 Å². The number of piperazine rings is 1. The number of hydrogen-bond donors (Lipinski definition) is 2. The van der Waals surface area contributed by atoms with Crippen molar-refractivity contribution in [3.8, 4) is 0 Å². The van der Waals surface area contributed by atoms with Crippen molar-refractivity contribution in [2.45, 2.75) is 6.54 Å². The van der Waals surface area contributed by atoms with Crippen LogP contribution in [0.1, 0.15) is 5.56 Å². The Morgan fingerprint density at radius 1 is 1.19 bits per heavy atom. The third kappa shape index (κ3) is 4.78. The van der Waals surface area contributed by atoms with Gasteiger partial charge in [0.05, 0.1) is 10.7 Å². The van der Waals surface area contributed by atoms with E-state index in [4.69, 9.17) is 23.2 Å². The largest absolute Gasteiger partial charge is 0.354 e. The van der Waals surface area contributed by atoms with Gasteiger partial charge < -0.3 is 20.4 Å². The van der Waals surface area contributed by atoms with Gasteiger partial charge in [-0.25, -0.2) is 9.78 Å². The second-order valence-electron chi connectivity index (χ2n) is 6.21. The number of carbonyl (C=O) groups is 1. The molecule has 8 heteroatoms. The number of amides is 2. The lowest BCUT2D eigenvalue weighted by Crippen LogP contribution is -2.45. The van der Waals surface area contributed by atoms with E-state index < -0.39 is 0 Å². The van der Waals surface area contributed by atoms with Gasteiger partial charge in [0.1, 0.15) is 5.82 Å². The quantitative estimate of drug-likeness (QED) is 0.834. The van der Waals surface area contributed by atoms with Crippen LogP contribution in [0.25, 0.3) is 0 Å². The zero-order chi connectivity index (χ0) is 18.5. The summed E-state index contributed by atoms with van der Waals surface area (Å²) < 4.78 is 0. The smallest absolute Gasteiger partial charge is 0.319 e. The molecule has 0 bridgehead atoms. The van der Waals surface area contributed by atoms with Crippen molar-refractivity contribution < 1.29 is 4.79 Å². The highest BCUT2D eigenvalue weighted by Crippen LogP contribution is 2.25. The number of anilines is 2. The molecular weight excluding hydrogens is 373 g/mol. The molecule has 2 N–H and O–H groups in total. The van der Waals surface area contributed by atoms with Gasteiger partial charge in [0.25, 0.3) is 0 Å². The molecule has 0 atom stereocenters. The monoisotopic (exact) mass is 393 g/mol. The third-order valence-electron chi connectivity index (χ3n) is 4.29. The second kappa shape index (κ2) is 8.58. The summed E-state index contributed by atoms with van der Waals surface area (Å²) in [6, 6.07) is 8.44. The van der Waals surface area contributed by atoms with Crippen LogP contribution in [0, 0.1) is 0 Å². The van der Waals surface area contributed by atoms with Crippen molar-refractivity contribution in [2.75, 3.05) is 43.4 Å². The van der Waals surface area contributed by atoms with E-state index in [1.54, 1.807) is 24.4 Å². The number of nitrogens with zero attached hydrogens (tertiary/aromatic N) is 3. The van der Waals surface area contributed by atoms with Crippen LogP contribution >= 0.6 is 23.2 Å². The predicted molar refractivity (Wildman–Crippen MR) is 106 cm³/mol. The lowest BCUT2D eigenvalue weighted by Gasteiger charge is -2.34. The van der Waals surface area contributed by atoms with Gasteiger partial charge in [-0.15, -0.1) is 0 Å². The fraction of sp³-hybridized carbons (Fsp3) is 0.333. The number of urea groups is 1. The minimum Gasteiger partial charge on any atom is -0.354 e. The molecule has 2 amide bonds. The number of halogens is 2. The number of likely N-dealkylation sites (N-methyl/N-ethyl adjacent to an activating group) is 1. The summed E-state index contributed by atoms with van der Waals surface area (Å²) in [6.07, 6.45) is 1.78. The first-order valence-electron chi connectivity index (χ1n) is 8.40. The van der Waals surface area contributed by atoms with Crippen LogP contribution in [-0.4, -0.2) is 49.1 Å². The third-order valence-corrected chi connectivity index (χ3v) is 4.85. The molecule has 1 aliphatic heterocycles. The summed E-state index contributed by atoms with van der Waals surface area (Å²) in [5.74, 6) is 0.918. The molecule has 26 heavy (non-hydrogen) atoms. The first-order chi connectivity index (χ1) is 12.5. The molecule has 2 heterocycles. The Morgan fingerprint density at radius 2 is 1.96 bits per heavy atom. The maximum atomic E-state index is 12.2. The average Bonchev–Trinajstić information content (AvgIpc) is 2.64. The zero-order valence-electron chi connectivity index (χ0n) is 14.5. The van der Waals surface area contributed by atoms with Crippen molar-refractivity contribution in [2.24, 2.45) is 0 Å². The minimum atomic E-state index is -0.345. The van der Waals surface area contributed by atoms with Crippen molar-refractivity contribution >= 4 is 40.7 Å². The summed E-state index contributed by atoms with van der Waals surface area (Å²) in [4.78, 5) is 21.3. The summed E-state index contributed by atoms with van der Waals surface area (Å²) in [5.41, 5.74) is 1.45. The van der Waals surface area contributed by atoms with Gasteiger partial charge in [0, 0.05) is 49.5 Å². The van der Waals surface area contributed by atoms with Gasteiger partial charge in [-0.05, 0) is 31.3 Å². The number of nitrogens with one attached hydrogen (secondary N) is 2. The van der Waals surface area contributed by atoms with Gasteiger partial charge >= 0.3 is 6.03 Å². The normalized spacial score (nSPS) is 15.0. The molecule has 0 unspecified atom stereocenters. The molecule has 0 spiro atoms. The van der Waals surface area contributed by atoms with E-state index in [0.29, 0.717) is 22.3 Å². The molecule has 1 saturated heterocycles. The highest BCUT2D eigenvalue weighted by molar-refractivity contribution is 6.35. The van der Waals surface area contributed by atoms with E-state index in [0.717, 1.165) is 37.6 Å². The number of carbonyl (C=O) groups excluding carboxylic acids is 1. The van der Waals surface area contributed by atoms with E-state index in [9.17, 15) is 4.79 Å². The van der Waals surface area contributed by atoms with Crippen LogP contribution in [-0.2, 0) is 6.54 Å². The Kier molecular flexibility index (Phi) is 6.19. The lowest BCUT2D eigenvalue weighted by atomic mass is 10.2. The number of aromatic nitrogens is 1. The van der Waals surface area contributed by atoms with E-state index in [2.05, 4.69) is 32.5 Å². The Hall–Kier alpha value is -2.02. The topological polar surface area (TPSA) is 60.5 Å². The van der Waals surface area contributed by atoms with Crippen LogP contribution < -0.4 is 15.5 Å². The zero-order valence-corrected chi connectivity index (χ0v) is 16.0. The number of hydrogen-bond acceptors (Lipinski definition) is 4. The molecule has 138 valence electrons. The molecule has 1 aromatic heterocycles. The number of rotatable bonds is 4. The van der Waals surface area contributed by atoms with Gasteiger partial charge in [0.15, 0.2) is 0 Å². The summed E-state index contributed by atoms with van der Waals surface area (Å²) in [5, 5.41) is 6.52. The maximum absolute atomic E-state index is 12.2. The van der Waals surface area contributed by atoms with Crippen LogP contribution in [0.4, 0.5) is 16.3 Å². The van der Waals surface area contributed by atoms with Crippen molar-refractivity contribution in [1.82, 2.24) is 15.2 Å². The molecule has 3 rings (SSSR count). The molecule has 1 aromatic carbocycles. The predicted octanol–water partition coefficient (Wildman–Crippen LogP) is 3.46. The summed E-state index contributed by atoms with van der Waals surface area (Å²) >= 11 is 12.0. The SMILES string of the molecule is CN1CCN(c2ncccc2CNC(=O)Nc2cc(Cl)ccc2Cl)CC1. The van der Waals surface area contributed by atoms with E-state index >= 15 is 0 Å². The summed E-state index contributed by atoms with van der Waals surface area (Å²) in [6.45, 7) is 4.21. The number of pyridine rings is 1. The standard InChI is InChI=1S/C18H21Cl2N5O/c1-24-7-9-25(10-8-24)17-13(3-2-6-21-17)12-22-18(26)23-16-11-14(19)4-5-15(16)20/h2-6,11H,7-10,12H2,1H3,(H2,22,23,26). The molecule has 0 aliphatic carbocycles.